The van der Waals surface area contributed by atoms with E-state index in [0.29, 0.717) is 31.7 Å². The van der Waals surface area contributed by atoms with Gasteiger partial charge in [0.2, 0.25) is 0 Å². The minimum Gasteiger partial charge on any atom is -0.463 e. The predicted molar refractivity (Wildman–Crippen MR) is 99.4 cm³/mol. The Bertz CT molecular complexity index is 662. The Hall–Kier alpha value is -2.50. The topological polar surface area (TPSA) is 67.9 Å². The number of hydrogen-bond acceptors (Lipinski definition) is 5. The molecule has 1 aliphatic heterocycles. The highest BCUT2D eigenvalue weighted by Crippen LogP contribution is 2.20. The third kappa shape index (κ3) is 5.79. The number of ether oxygens (including phenoxy) is 2. The van der Waals surface area contributed by atoms with Crippen molar-refractivity contribution in [3.05, 3.63) is 47.2 Å². The van der Waals surface area contributed by atoms with Crippen LogP contribution in [0.5, 0.6) is 0 Å². The van der Waals surface area contributed by atoms with Crippen LogP contribution in [0.3, 0.4) is 0 Å². The normalized spacial score (nSPS) is 14.8. The summed E-state index contributed by atoms with van der Waals surface area (Å²) in [6.45, 7) is 8.83. The Morgan fingerprint density at radius 3 is 2.50 bits per heavy atom. The van der Waals surface area contributed by atoms with Gasteiger partial charge in [-0.2, -0.15) is 0 Å². The lowest BCUT2D eigenvalue weighted by atomic mass is 10.1. The van der Waals surface area contributed by atoms with Gasteiger partial charge in [-0.25, -0.2) is 9.59 Å². The minimum absolute atomic E-state index is 0.185. The second-order valence-electron chi connectivity index (χ2n) is 7.17. The van der Waals surface area contributed by atoms with E-state index in [1.165, 1.54) is 0 Å². The number of nitrogens with one attached hydrogen (secondary N) is 1. The van der Waals surface area contributed by atoms with Crippen molar-refractivity contribution in [3.8, 4) is 0 Å². The quantitative estimate of drug-likeness (QED) is 0.817. The minimum atomic E-state index is -0.573. The van der Waals surface area contributed by atoms with E-state index in [1.807, 2.05) is 51.1 Å². The second-order valence-corrected chi connectivity index (χ2v) is 7.17. The molecule has 2 rings (SSSR count). The summed E-state index contributed by atoms with van der Waals surface area (Å²) in [5, 5.41) is 3.34. The Labute approximate surface area is 155 Å². The summed E-state index contributed by atoms with van der Waals surface area (Å²) in [5.74, 6) is -0.392. The first-order valence-corrected chi connectivity index (χ1v) is 8.95. The van der Waals surface area contributed by atoms with Gasteiger partial charge in [-0.15, -0.1) is 0 Å². The largest absolute Gasteiger partial charge is 0.463 e. The van der Waals surface area contributed by atoms with Crippen molar-refractivity contribution in [2.24, 2.45) is 0 Å². The van der Waals surface area contributed by atoms with Crippen molar-refractivity contribution >= 4 is 12.1 Å². The van der Waals surface area contributed by atoms with E-state index in [1.54, 1.807) is 11.8 Å². The fraction of sp³-hybridized carbons (Fsp3) is 0.500. The van der Waals surface area contributed by atoms with E-state index in [0.717, 1.165) is 11.3 Å². The van der Waals surface area contributed by atoms with Gasteiger partial charge in [0.1, 0.15) is 5.60 Å². The predicted octanol–water partition coefficient (Wildman–Crippen LogP) is 3.23. The monoisotopic (exact) mass is 360 g/mol. The highest BCUT2D eigenvalue weighted by molar-refractivity contribution is 5.90. The van der Waals surface area contributed by atoms with Crippen LogP contribution in [0.2, 0.25) is 0 Å². The van der Waals surface area contributed by atoms with Crippen LogP contribution in [-0.4, -0.2) is 42.3 Å². The van der Waals surface area contributed by atoms with Crippen LogP contribution in [0.1, 0.15) is 39.7 Å². The molecule has 1 aromatic carbocycles. The van der Waals surface area contributed by atoms with E-state index < -0.39 is 17.7 Å². The van der Waals surface area contributed by atoms with Crippen LogP contribution >= 0.6 is 0 Å². The van der Waals surface area contributed by atoms with Crippen molar-refractivity contribution in [3.63, 3.8) is 0 Å². The first-order valence-electron chi connectivity index (χ1n) is 8.95. The molecule has 1 heterocycles. The highest BCUT2D eigenvalue weighted by atomic mass is 16.6. The summed E-state index contributed by atoms with van der Waals surface area (Å²) in [7, 11) is 0. The molecule has 6 nitrogen and oxygen atoms in total. The standard InChI is InChI=1S/C20H28N2O4/c1-5-25-18(23)16-14-22(19(24)26-20(2,3)4)12-11-17(16)21-13-15-9-7-6-8-10-15/h6-10,21H,5,11-14H2,1-4H3. The Kier molecular flexibility index (Phi) is 6.66. The van der Waals surface area contributed by atoms with Gasteiger partial charge >= 0.3 is 12.1 Å². The maximum atomic E-state index is 12.4. The first kappa shape index (κ1) is 19.8. The zero-order chi connectivity index (χ0) is 19.2. The molecule has 0 fully saturated rings. The number of esters is 1. The first-order chi connectivity index (χ1) is 12.3. The molecule has 0 atom stereocenters. The smallest absolute Gasteiger partial charge is 0.410 e. The van der Waals surface area contributed by atoms with E-state index >= 15 is 0 Å². The van der Waals surface area contributed by atoms with Crippen molar-refractivity contribution in [1.82, 2.24) is 10.2 Å². The molecule has 1 N–H and O–H groups in total. The van der Waals surface area contributed by atoms with Gasteiger partial charge in [0.25, 0.3) is 0 Å². The van der Waals surface area contributed by atoms with Gasteiger partial charge in [-0.1, -0.05) is 30.3 Å². The van der Waals surface area contributed by atoms with Gasteiger partial charge in [0.05, 0.1) is 18.7 Å². The van der Waals surface area contributed by atoms with Gasteiger partial charge < -0.3 is 19.7 Å². The third-order valence-corrected chi connectivity index (χ3v) is 3.87. The summed E-state index contributed by atoms with van der Waals surface area (Å²) < 4.78 is 10.6. The maximum Gasteiger partial charge on any atom is 0.410 e. The van der Waals surface area contributed by atoms with Crippen LogP contribution in [-0.2, 0) is 20.8 Å². The molecule has 0 bridgehead atoms. The summed E-state index contributed by atoms with van der Waals surface area (Å²) in [6.07, 6.45) is 0.140. The Morgan fingerprint density at radius 1 is 1.19 bits per heavy atom. The van der Waals surface area contributed by atoms with Crippen LogP contribution in [0.4, 0.5) is 4.79 Å². The maximum absolute atomic E-state index is 12.4. The van der Waals surface area contributed by atoms with Crippen LogP contribution in [0.25, 0.3) is 0 Å². The Morgan fingerprint density at radius 2 is 1.88 bits per heavy atom. The molecule has 0 radical (unpaired) electrons. The average molecular weight is 360 g/mol. The van der Waals surface area contributed by atoms with Gasteiger partial charge in [-0.3, -0.25) is 0 Å². The molecule has 142 valence electrons. The third-order valence-electron chi connectivity index (χ3n) is 3.87. The molecule has 0 aliphatic carbocycles. The van der Waals surface area contributed by atoms with Crippen LogP contribution < -0.4 is 5.32 Å². The number of nitrogens with zero attached hydrogens (tertiary/aromatic N) is 1. The van der Waals surface area contributed by atoms with Crippen molar-refractivity contribution < 1.29 is 19.1 Å². The van der Waals surface area contributed by atoms with Crippen LogP contribution in [0, 0.1) is 0 Å². The molecule has 0 saturated carbocycles. The molecular formula is C20H28N2O4. The van der Waals surface area contributed by atoms with E-state index in [9.17, 15) is 9.59 Å². The number of carbonyl (C=O) groups is 2. The lowest BCUT2D eigenvalue weighted by molar-refractivity contribution is -0.139. The molecule has 1 aromatic rings. The molecular weight excluding hydrogens is 332 g/mol. The number of amides is 1. The number of carbonyl (C=O) groups excluding carboxylic acids is 2. The zero-order valence-corrected chi connectivity index (χ0v) is 16.0. The fourth-order valence-electron chi connectivity index (χ4n) is 2.65. The van der Waals surface area contributed by atoms with Gasteiger partial charge in [0.15, 0.2) is 0 Å². The molecule has 26 heavy (non-hydrogen) atoms. The van der Waals surface area contributed by atoms with Crippen molar-refractivity contribution in [1.29, 1.82) is 0 Å². The highest BCUT2D eigenvalue weighted by Gasteiger charge is 2.30. The molecule has 1 amide bonds. The van der Waals surface area contributed by atoms with Gasteiger partial charge in [-0.05, 0) is 33.3 Å². The molecule has 0 unspecified atom stereocenters. The summed E-state index contributed by atoms with van der Waals surface area (Å²) in [4.78, 5) is 26.3. The average Bonchev–Trinajstić information content (AvgIpc) is 2.59. The van der Waals surface area contributed by atoms with Crippen molar-refractivity contribution in [2.75, 3.05) is 19.7 Å². The number of rotatable bonds is 5. The lowest BCUT2D eigenvalue weighted by Gasteiger charge is -2.32. The SMILES string of the molecule is CCOC(=O)C1=C(NCc2ccccc2)CCN(C(=O)OC(C)(C)C)C1. The molecule has 1 aliphatic rings. The van der Waals surface area contributed by atoms with E-state index in [4.69, 9.17) is 9.47 Å². The number of benzene rings is 1. The van der Waals surface area contributed by atoms with Crippen molar-refractivity contribution in [2.45, 2.75) is 46.3 Å². The zero-order valence-electron chi connectivity index (χ0n) is 16.0. The number of hydrogen-bond donors (Lipinski definition) is 1. The Balaban J connectivity index is 2.12. The summed E-state index contributed by atoms with van der Waals surface area (Å²) in [6, 6.07) is 9.96. The van der Waals surface area contributed by atoms with E-state index in [-0.39, 0.29) is 6.54 Å². The molecule has 0 aromatic heterocycles. The molecule has 6 heteroatoms. The molecule has 0 saturated heterocycles. The second kappa shape index (κ2) is 8.74. The van der Waals surface area contributed by atoms with Gasteiger partial charge in [0, 0.05) is 25.2 Å². The lowest BCUT2D eigenvalue weighted by Crippen LogP contribution is -2.43. The van der Waals surface area contributed by atoms with E-state index in [2.05, 4.69) is 5.32 Å². The fourth-order valence-corrected chi connectivity index (χ4v) is 2.65. The molecule has 0 spiro atoms. The van der Waals surface area contributed by atoms with Crippen LogP contribution in [0.15, 0.2) is 41.6 Å². The summed E-state index contributed by atoms with van der Waals surface area (Å²) >= 11 is 0. The summed E-state index contributed by atoms with van der Waals surface area (Å²) in [5.41, 5.74) is 1.86.